The van der Waals surface area contributed by atoms with Crippen LogP contribution in [0.25, 0.3) is 0 Å². The molecule has 7 heteroatoms. The van der Waals surface area contributed by atoms with Gasteiger partial charge in [0.15, 0.2) is 0 Å². The summed E-state index contributed by atoms with van der Waals surface area (Å²) < 4.78 is 1.81. The van der Waals surface area contributed by atoms with Crippen molar-refractivity contribution in [3.63, 3.8) is 0 Å². The Bertz CT molecular complexity index is 568. The van der Waals surface area contributed by atoms with Gasteiger partial charge < -0.3 is 11.1 Å². The maximum Gasteiger partial charge on any atom is 0.107 e. The smallest absolute Gasteiger partial charge is 0.107 e. The van der Waals surface area contributed by atoms with Gasteiger partial charge in [0, 0.05) is 35.4 Å². The zero-order valence-electron chi connectivity index (χ0n) is 11.2. The van der Waals surface area contributed by atoms with Crippen LogP contribution < -0.4 is 11.1 Å². The largest absolute Gasteiger partial charge is 0.389 e. The van der Waals surface area contributed by atoms with Gasteiger partial charge in [0.1, 0.15) is 4.99 Å². The van der Waals surface area contributed by atoms with E-state index in [1.54, 1.807) is 18.0 Å². The average molecular weight is 307 g/mol. The lowest BCUT2D eigenvalue weighted by atomic mass is 10.1. The Balaban J connectivity index is 1.96. The van der Waals surface area contributed by atoms with Crippen molar-refractivity contribution < 1.29 is 0 Å². The SMILES string of the molecule is CSc1cccc(NCCCn2ccnn2)c1C(N)=S. The molecule has 0 radical (unpaired) electrons. The molecule has 106 valence electrons. The van der Waals surface area contributed by atoms with Crippen molar-refractivity contribution >= 4 is 34.7 Å². The van der Waals surface area contributed by atoms with E-state index in [1.807, 2.05) is 35.3 Å². The fourth-order valence-corrected chi connectivity index (χ4v) is 2.84. The van der Waals surface area contributed by atoms with Crippen LogP contribution >= 0.6 is 24.0 Å². The summed E-state index contributed by atoms with van der Waals surface area (Å²) in [5.41, 5.74) is 7.74. The van der Waals surface area contributed by atoms with Gasteiger partial charge in [0.25, 0.3) is 0 Å². The lowest BCUT2D eigenvalue weighted by Crippen LogP contribution is -2.15. The quantitative estimate of drug-likeness (QED) is 0.464. The van der Waals surface area contributed by atoms with Crippen molar-refractivity contribution in [2.24, 2.45) is 5.73 Å². The normalized spacial score (nSPS) is 10.4. The number of aryl methyl sites for hydroxylation is 1. The van der Waals surface area contributed by atoms with Crippen molar-refractivity contribution in [3.05, 3.63) is 36.2 Å². The molecule has 0 spiro atoms. The lowest BCUT2D eigenvalue weighted by Gasteiger charge is -2.14. The molecular weight excluding hydrogens is 290 g/mol. The van der Waals surface area contributed by atoms with E-state index in [2.05, 4.69) is 15.6 Å². The highest BCUT2D eigenvalue weighted by Gasteiger charge is 2.09. The number of thioether (sulfide) groups is 1. The minimum atomic E-state index is 0.425. The zero-order valence-corrected chi connectivity index (χ0v) is 12.9. The van der Waals surface area contributed by atoms with E-state index in [-0.39, 0.29) is 0 Å². The summed E-state index contributed by atoms with van der Waals surface area (Å²) in [4.78, 5) is 1.52. The highest BCUT2D eigenvalue weighted by atomic mass is 32.2. The number of nitrogens with zero attached hydrogens (tertiary/aromatic N) is 3. The van der Waals surface area contributed by atoms with Gasteiger partial charge in [-0.3, -0.25) is 4.68 Å². The molecule has 0 atom stereocenters. The number of thiocarbonyl (C=S) groups is 1. The molecule has 0 saturated carbocycles. The minimum absolute atomic E-state index is 0.425. The minimum Gasteiger partial charge on any atom is -0.389 e. The molecule has 0 aliphatic rings. The molecule has 0 unspecified atom stereocenters. The zero-order chi connectivity index (χ0) is 14.4. The summed E-state index contributed by atoms with van der Waals surface area (Å²) in [6, 6.07) is 6.04. The lowest BCUT2D eigenvalue weighted by molar-refractivity contribution is 0.570. The Labute approximate surface area is 127 Å². The Morgan fingerprint density at radius 3 is 3.00 bits per heavy atom. The first-order valence-corrected chi connectivity index (χ1v) is 7.90. The van der Waals surface area contributed by atoms with Gasteiger partial charge >= 0.3 is 0 Å². The summed E-state index contributed by atoms with van der Waals surface area (Å²) in [7, 11) is 0. The molecule has 0 bridgehead atoms. The topological polar surface area (TPSA) is 68.8 Å². The van der Waals surface area contributed by atoms with Crippen LogP contribution in [0.15, 0.2) is 35.5 Å². The van der Waals surface area contributed by atoms with Crippen molar-refractivity contribution in [2.45, 2.75) is 17.9 Å². The van der Waals surface area contributed by atoms with E-state index in [1.165, 1.54) is 0 Å². The Morgan fingerprint density at radius 2 is 2.35 bits per heavy atom. The van der Waals surface area contributed by atoms with Gasteiger partial charge in [-0.05, 0) is 24.8 Å². The molecule has 0 aliphatic heterocycles. The van der Waals surface area contributed by atoms with Crippen molar-refractivity contribution in [2.75, 3.05) is 18.1 Å². The van der Waals surface area contributed by atoms with E-state index < -0.39 is 0 Å². The molecule has 1 aromatic carbocycles. The predicted octanol–water partition coefficient (Wildman–Crippen LogP) is 2.14. The van der Waals surface area contributed by atoms with Crippen molar-refractivity contribution in [1.82, 2.24) is 15.0 Å². The third-order valence-electron chi connectivity index (χ3n) is 2.84. The van der Waals surface area contributed by atoms with Gasteiger partial charge in [0.05, 0.1) is 6.20 Å². The second kappa shape index (κ2) is 7.25. The van der Waals surface area contributed by atoms with Gasteiger partial charge in [-0.25, -0.2) is 0 Å². The maximum absolute atomic E-state index is 5.83. The first-order chi connectivity index (χ1) is 9.72. The molecule has 1 aromatic heterocycles. The highest BCUT2D eigenvalue weighted by molar-refractivity contribution is 7.98. The molecule has 0 saturated heterocycles. The number of hydrogen-bond acceptors (Lipinski definition) is 5. The Morgan fingerprint density at radius 1 is 1.50 bits per heavy atom. The second-order valence-electron chi connectivity index (χ2n) is 4.19. The van der Waals surface area contributed by atoms with Crippen LogP contribution in [0.4, 0.5) is 5.69 Å². The third-order valence-corrected chi connectivity index (χ3v) is 3.83. The Kier molecular flexibility index (Phi) is 5.37. The first kappa shape index (κ1) is 14.8. The van der Waals surface area contributed by atoms with Crippen molar-refractivity contribution in [3.8, 4) is 0 Å². The summed E-state index contributed by atoms with van der Waals surface area (Å²) in [6.45, 7) is 1.66. The molecule has 0 fully saturated rings. The maximum atomic E-state index is 5.83. The van der Waals surface area contributed by atoms with E-state index in [4.69, 9.17) is 18.0 Å². The molecule has 0 amide bonds. The average Bonchev–Trinajstić information content (AvgIpc) is 2.96. The summed E-state index contributed by atoms with van der Waals surface area (Å²) in [5.74, 6) is 0. The van der Waals surface area contributed by atoms with Crippen LogP contribution in [-0.2, 0) is 6.54 Å². The van der Waals surface area contributed by atoms with Crippen molar-refractivity contribution in [1.29, 1.82) is 0 Å². The number of anilines is 1. The summed E-state index contributed by atoms with van der Waals surface area (Å²) in [6.07, 6.45) is 6.50. The monoisotopic (exact) mass is 307 g/mol. The van der Waals surface area contributed by atoms with Gasteiger partial charge in [0.2, 0.25) is 0 Å². The fraction of sp³-hybridized carbons (Fsp3) is 0.308. The molecule has 5 nitrogen and oxygen atoms in total. The van der Waals surface area contributed by atoms with E-state index in [9.17, 15) is 0 Å². The van der Waals surface area contributed by atoms with E-state index in [0.717, 1.165) is 35.7 Å². The van der Waals surface area contributed by atoms with E-state index in [0.29, 0.717) is 4.99 Å². The van der Waals surface area contributed by atoms with Gasteiger partial charge in [-0.2, -0.15) is 0 Å². The molecule has 2 rings (SSSR count). The number of benzene rings is 1. The standard InChI is InChI=1S/C13H17N5S2/c1-20-11-5-2-4-10(12(11)13(14)19)15-6-3-8-18-9-7-16-17-18/h2,4-5,7,9,15H,3,6,8H2,1H3,(H2,14,19). The summed E-state index contributed by atoms with van der Waals surface area (Å²) in [5, 5.41) is 11.1. The van der Waals surface area contributed by atoms with Crippen LogP contribution in [-0.4, -0.2) is 32.8 Å². The molecule has 3 N–H and O–H groups in total. The first-order valence-electron chi connectivity index (χ1n) is 6.27. The highest BCUT2D eigenvalue weighted by Crippen LogP contribution is 2.27. The molecule has 2 aromatic rings. The predicted molar refractivity (Wildman–Crippen MR) is 87.2 cm³/mol. The number of aromatic nitrogens is 3. The molecular formula is C13H17N5S2. The van der Waals surface area contributed by atoms with Crippen LogP contribution in [0, 0.1) is 0 Å². The van der Waals surface area contributed by atoms with Gasteiger partial charge in [-0.15, -0.1) is 16.9 Å². The van der Waals surface area contributed by atoms with Crippen LogP contribution in [0.2, 0.25) is 0 Å². The molecule has 20 heavy (non-hydrogen) atoms. The number of nitrogens with two attached hydrogens (primary N) is 1. The number of rotatable bonds is 7. The third kappa shape index (κ3) is 3.71. The second-order valence-corrected chi connectivity index (χ2v) is 5.48. The summed E-state index contributed by atoms with van der Waals surface area (Å²) >= 11 is 6.79. The number of nitrogens with one attached hydrogen (secondary N) is 1. The van der Waals surface area contributed by atoms with Gasteiger partial charge in [-0.1, -0.05) is 23.5 Å². The van der Waals surface area contributed by atoms with E-state index >= 15 is 0 Å². The fourth-order valence-electron chi connectivity index (χ4n) is 1.92. The van der Waals surface area contributed by atoms with Crippen LogP contribution in [0.3, 0.4) is 0 Å². The van der Waals surface area contributed by atoms with Crippen LogP contribution in [0.5, 0.6) is 0 Å². The Hall–Kier alpha value is -1.60. The van der Waals surface area contributed by atoms with Crippen LogP contribution in [0.1, 0.15) is 12.0 Å². The number of hydrogen-bond donors (Lipinski definition) is 2. The molecule has 0 aliphatic carbocycles. The molecule has 1 heterocycles.